The van der Waals surface area contributed by atoms with Crippen molar-refractivity contribution < 1.29 is 17.9 Å². The largest absolute Gasteiger partial charge is 0.399 e. The summed E-state index contributed by atoms with van der Waals surface area (Å²) in [6, 6.07) is 1.63. The van der Waals surface area contributed by atoms with Crippen LogP contribution in [0.2, 0.25) is 0 Å². The molecule has 0 radical (unpaired) electrons. The fourth-order valence-electron chi connectivity index (χ4n) is 1.43. The van der Waals surface area contributed by atoms with Crippen molar-refractivity contribution >= 4 is 31.6 Å². The fraction of sp³-hybridized carbons (Fsp3) is 0.455. The number of nitrogen functional groups attached to an aromatic ring is 1. The number of anilines is 1. The number of hydrogen-bond donors (Lipinski definition) is 3. The van der Waals surface area contributed by atoms with Gasteiger partial charge in [-0.25, -0.2) is 17.5 Å². The first kappa shape index (κ1) is 16.4. The lowest BCUT2D eigenvalue weighted by molar-refractivity contribution is 0.227. The minimum atomic E-state index is -4.09. The molecule has 8 heteroatoms. The standard InChI is InChI=1S/C11H16BrFN2O3S/c1-6(2)9(5-16)15-19(17,18)10-4-7(14)3-8(12)11(10)13/h3-4,6,9,15-16H,5,14H2,1-2H3. The maximum atomic E-state index is 13.8. The van der Waals surface area contributed by atoms with Crippen molar-refractivity contribution in [3.05, 3.63) is 22.4 Å². The zero-order valence-electron chi connectivity index (χ0n) is 10.5. The van der Waals surface area contributed by atoms with Crippen LogP contribution in [0.1, 0.15) is 13.8 Å². The van der Waals surface area contributed by atoms with E-state index in [0.29, 0.717) is 0 Å². The summed E-state index contributed by atoms with van der Waals surface area (Å²) >= 11 is 2.90. The summed E-state index contributed by atoms with van der Waals surface area (Å²) in [7, 11) is -4.09. The molecule has 0 saturated heterocycles. The number of sulfonamides is 1. The van der Waals surface area contributed by atoms with Gasteiger partial charge in [-0.15, -0.1) is 0 Å². The highest BCUT2D eigenvalue weighted by Gasteiger charge is 2.26. The van der Waals surface area contributed by atoms with Crippen LogP contribution in [0.4, 0.5) is 10.1 Å². The van der Waals surface area contributed by atoms with Crippen LogP contribution < -0.4 is 10.5 Å². The van der Waals surface area contributed by atoms with Gasteiger partial charge in [0.15, 0.2) is 5.82 Å². The number of hydrogen-bond acceptors (Lipinski definition) is 4. The number of aliphatic hydroxyl groups is 1. The molecular formula is C11H16BrFN2O3S. The molecule has 1 unspecified atom stereocenters. The maximum absolute atomic E-state index is 13.8. The topological polar surface area (TPSA) is 92.4 Å². The van der Waals surface area contributed by atoms with Crippen LogP contribution in [0.15, 0.2) is 21.5 Å². The Balaban J connectivity index is 3.21. The summed E-state index contributed by atoms with van der Waals surface area (Å²) in [5.41, 5.74) is 5.63. The van der Waals surface area contributed by atoms with E-state index >= 15 is 0 Å². The smallest absolute Gasteiger partial charge is 0.243 e. The lowest BCUT2D eigenvalue weighted by atomic mass is 10.1. The van der Waals surface area contributed by atoms with Crippen LogP contribution in [-0.2, 0) is 10.0 Å². The first-order valence-corrected chi connectivity index (χ1v) is 7.84. The molecule has 4 N–H and O–H groups in total. The molecule has 0 spiro atoms. The highest BCUT2D eigenvalue weighted by molar-refractivity contribution is 9.10. The van der Waals surface area contributed by atoms with Gasteiger partial charge in [-0.1, -0.05) is 13.8 Å². The predicted molar refractivity (Wildman–Crippen MR) is 74.5 cm³/mol. The molecule has 0 saturated carbocycles. The van der Waals surface area contributed by atoms with Crippen molar-refractivity contribution in [1.82, 2.24) is 4.72 Å². The van der Waals surface area contributed by atoms with Crippen molar-refractivity contribution in [2.24, 2.45) is 5.92 Å². The Hall–Kier alpha value is -0.700. The second-order valence-corrected chi connectivity index (χ2v) is 7.01. The number of aliphatic hydroxyl groups excluding tert-OH is 1. The average Bonchev–Trinajstić information content (AvgIpc) is 2.30. The lowest BCUT2D eigenvalue weighted by Crippen LogP contribution is -2.41. The number of benzene rings is 1. The van der Waals surface area contributed by atoms with E-state index in [1.165, 1.54) is 6.07 Å². The Morgan fingerprint density at radius 2 is 2.05 bits per heavy atom. The van der Waals surface area contributed by atoms with Crippen LogP contribution in [0.25, 0.3) is 0 Å². The van der Waals surface area contributed by atoms with Gasteiger partial charge in [-0.05, 0) is 34.0 Å². The molecule has 0 amide bonds. The second-order valence-electron chi connectivity index (χ2n) is 4.47. The van der Waals surface area contributed by atoms with E-state index in [4.69, 9.17) is 10.8 Å². The number of nitrogens with two attached hydrogens (primary N) is 1. The normalized spacial score (nSPS) is 13.8. The van der Waals surface area contributed by atoms with Crippen molar-refractivity contribution in [2.75, 3.05) is 12.3 Å². The molecule has 1 atom stereocenters. The van der Waals surface area contributed by atoms with Crippen LogP contribution in [0.5, 0.6) is 0 Å². The summed E-state index contributed by atoms with van der Waals surface area (Å²) in [4.78, 5) is -0.543. The molecule has 1 rings (SSSR count). The zero-order valence-corrected chi connectivity index (χ0v) is 12.9. The van der Waals surface area contributed by atoms with Crippen LogP contribution in [0, 0.1) is 11.7 Å². The molecule has 0 fully saturated rings. The third-order valence-electron chi connectivity index (χ3n) is 2.61. The summed E-state index contributed by atoms with van der Waals surface area (Å²) in [6.07, 6.45) is 0. The van der Waals surface area contributed by atoms with Crippen molar-refractivity contribution in [2.45, 2.75) is 24.8 Å². The van der Waals surface area contributed by atoms with Gasteiger partial charge >= 0.3 is 0 Å². The molecule has 0 aliphatic carbocycles. The van der Waals surface area contributed by atoms with Crippen molar-refractivity contribution in [3.63, 3.8) is 0 Å². The summed E-state index contributed by atoms with van der Waals surface area (Å²) in [5.74, 6) is -1.05. The van der Waals surface area contributed by atoms with Gasteiger partial charge in [-0.3, -0.25) is 0 Å². The Labute approximate surface area is 120 Å². The highest BCUT2D eigenvalue weighted by Crippen LogP contribution is 2.26. The number of nitrogens with one attached hydrogen (secondary N) is 1. The third-order valence-corrected chi connectivity index (χ3v) is 4.68. The van der Waals surface area contributed by atoms with E-state index in [9.17, 15) is 12.8 Å². The Morgan fingerprint density at radius 3 is 2.53 bits per heavy atom. The molecule has 108 valence electrons. The van der Waals surface area contributed by atoms with Gasteiger partial charge in [0.25, 0.3) is 0 Å². The van der Waals surface area contributed by atoms with Crippen LogP contribution >= 0.6 is 15.9 Å². The van der Waals surface area contributed by atoms with Gasteiger partial charge < -0.3 is 10.8 Å². The minimum Gasteiger partial charge on any atom is -0.399 e. The van der Waals surface area contributed by atoms with E-state index in [0.717, 1.165) is 6.07 Å². The van der Waals surface area contributed by atoms with E-state index < -0.39 is 26.8 Å². The molecule has 5 nitrogen and oxygen atoms in total. The molecule has 1 aromatic carbocycles. The van der Waals surface area contributed by atoms with Crippen LogP contribution in [0.3, 0.4) is 0 Å². The molecule has 0 aliphatic rings. The molecular weight excluding hydrogens is 339 g/mol. The minimum absolute atomic E-state index is 0.0297. The first-order chi connectivity index (χ1) is 8.69. The van der Waals surface area contributed by atoms with E-state index in [1.807, 2.05) is 0 Å². The average molecular weight is 355 g/mol. The van der Waals surface area contributed by atoms with E-state index in [-0.39, 0.29) is 22.7 Å². The van der Waals surface area contributed by atoms with E-state index in [2.05, 4.69) is 20.7 Å². The van der Waals surface area contributed by atoms with E-state index in [1.54, 1.807) is 13.8 Å². The predicted octanol–water partition coefficient (Wildman–Crippen LogP) is 1.47. The Morgan fingerprint density at radius 1 is 1.47 bits per heavy atom. The molecule has 0 aromatic heterocycles. The van der Waals surface area contributed by atoms with Crippen molar-refractivity contribution in [1.29, 1.82) is 0 Å². The van der Waals surface area contributed by atoms with Crippen LogP contribution in [-0.4, -0.2) is 26.2 Å². The van der Waals surface area contributed by atoms with Gasteiger partial charge in [0.2, 0.25) is 10.0 Å². The SMILES string of the molecule is CC(C)C(CO)NS(=O)(=O)c1cc(N)cc(Br)c1F. The molecule has 1 aromatic rings. The van der Waals surface area contributed by atoms with Gasteiger partial charge in [-0.2, -0.15) is 0 Å². The third kappa shape index (κ3) is 3.88. The summed E-state index contributed by atoms with van der Waals surface area (Å²) < 4.78 is 40.3. The summed E-state index contributed by atoms with van der Waals surface area (Å²) in [6.45, 7) is 3.12. The Bertz CT molecular complexity index is 563. The van der Waals surface area contributed by atoms with Gasteiger partial charge in [0, 0.05) is 11.7 Å². The lowest BCUT2D eigenvalue weighted by Gasteiger charge is -2.20. The first-order valence-electron chi connectivity index (χ1n) is 5.56. The molecule has 0 bridgehead atoms. The zero-order chi connectivity index (χ0) is 14.8. The quantitative estimate of drug-likeness (QED) is 0.698. The second kappa shape index (κ2) is 6.17. The fourth-order valence-corrected chi connectivity index (χ4v) is 3.54. The highest BCUT2D eigenvalue weighted by atomic mass is 79.9. The molecule has 0 heterocycles. The van der Waals surface area contributed by atoms with Gasteiger partial charge in [0.1, 0.15) is 4.90 Å². The van der Waals surface area contributed by atoms with Crippen molar-refractivity contribution in [3.8, 4) is 0 Å². The Kier molecular flexibility index (Phi) is 5.31. The number of halogens is 2. The summed E-state index contributed by atoms with van der Waals surface area (Å²) in [5, 5.41) is 9.13. The monoisotopic (exact) mass is 354 g/mol. The number of rotatable bonds is 5. The molecule has 19 heavy (non-hydrogen) atoms. The van der Waals surface area contributed by atoms with Gasteiger partial charge in [0.05, 0.1) is 11.1 Å². The molecule has 0 aliphatic heterocycles. The maximum Gasteiger partial charge on any atom is 0.243 e.